The van der Waals surface area contributed by atoms with Gasteiger partial charge in [-0.15, -0.1) is 0 Å². The Morgan fingerprint density at radius 1 is 0.925 bits per heavy atom. The number of rotatable bonds is 6. The minimum atomic E-state index is -0.651. The average Bonchev–Trinajstić information content (AvgIpc) is 3.22. The number of anilines is 2. The molecule has 2 aliphatic rings. The topological polar surface area (TPSA) is 74.5 Å². The molecule has 2 aliphatic heterocycles. The first-order valence-electron chi connectivity index (χ1n) is 14.6. The first kappa shape index (κ1) is 26.5. The van der Waals surface area contributed by atoms with Crippen LogP contribution in [-0.4, -0.2) is 50.6 Å². The lowest BCUT2D eigenvalue weighted by atomic mass is 9.96. The quantitative estimate of drug-likeness (QED) is 0.334. The van der Waals surface area contributed by atoms with E-state index in [1.807, 2.05) is 0 Å². The number of likely N-dealkylation sites (tertiary alicyclic amines) is 1. The van der Waals surface area contributed by atoms with E-state index in [4.69, 9.17) is 9.97 Å². The number of aryl methyl sites for hydroxylation is 5. The molecule has 4 heterocycles. The van der Waals surface area contributed by atoms with E-state index in [0.29, 0.717) is 0 Å². The smallest absolute Gasteiger partial charge is 0.306 e. The Morgan fingerprint density at radius 2 is 1.55 bits per heavy atom. The summed E-state index contributed by atoms with van der Waals surface area (Å²) in [7, 11) is 2.17. The molecule has 0 saturated carbocycles. The van der Waals surface area contributed by atoms with Crippen LogP contribution in [0.1, 0.15) is 59.1 Å². The molecule has 208 valence electrons. The van der Waals surface area contributed by atoms with E-state index < -0.39 is 5.97 Å². The van der Waals surface area contributed by atoms with Crippen LogP contribution in [0.25, 0.3) is 11.2 Å². The van der Waals surface area contributed by atoms with Gasteiger partial charge in [0.15, 0.2) is 5.65 Å². The lowest BCUT2D eigenvalue weighted by Crippen LogP contribution is -2.35. The largest absolute Gasteiger partial charge is 0.481 e. The second-order valence-electron chi connectivity index (χ2n) is 11.6. The number of carboxylic acid groups (broad SMARTS) is 1. The lowest BCUT2D eigenvalue weighted by Gasteiger charge is -2.30. The van der Waals surface area contributed by atoms with Gasteiger partial charge in [0.25, 0.3) is 0 Å². The maximum absolute atomic E-state index is 11.3. The van der Waals surface area contributed by atoms with Gasteiger partial charge < -0.3 is 14.6 Å². The number of carboxylic acids is 1. The number of aliphatic carboxylic acids is 1. The average molecular weight is 538 g/mol. The van der Waals surface area contributed by atoms with Crippen molar-refractivity contribution < 1.29 is 9.90 Å². The molecule has 0 bridgehead atoms. The standard InChI is InChI=1S/C33H39N5O2/c1-5-30-35-31-21(2)16-22(3)34-32(31)38(30)20-24-7-11-29-27(18-24)9-8-26-17-23(6-10-28(26)36(29)4)19-37-14-12-25(13-15-37)33(39)40/h6-7,10-11,16-18,25H,5,8-9,12-15,19-20H2,1-4H3,(H,39,40). The summed E-state index contributed by atoms with van der Waals surface area (Å²) in [6.45, 7) is 9.68. The molecule has 6 rings (SSSR count). The van der Waals surface area contributed by atoms with Crippen molar-refractivity contribution in [3.63, 3.8) is 0 Å². The van der Waals surface area contributed by atoms with Crippen molar-refractivity contribution in [2.75, 3.05) is 25.0 Å². The molecule has 0 radical (unpaired) electrons. The van der Waals surface area contributed by atoms with E-state index in [2.05, 4.69) is 84.7 Å². The van der Waals surface area contributed by atoms with Crippen LogP contribution in [0, 0.1) is 19.8 Å². The Morgan fingerprint density at radius 3 is 2.15 bits per heavy atom. The first-order valence-corrected chi connectivity index (χ1v) is 14.6. The molecule has 1 saturated heterocycles. The molecule has 0 atom stereocenters. The summed E-state index contributed by atoms with van der Waals surface area (Å²) in [4.78, 5) is 25.8. The van der Waals surface area contributed by atoms with Crippen LogP contribution >= 0.6 is 0 Å². The molecule has 1 N–H and O–H groups in total. The highest BCUT2D eigenvalue weighted by Crippen LogP contribution is 2.36. The number of piperidine rings is 1. The van der Waals surface area contributed by atoms with Crippen molar-refractivity contribution in [2.24, 2.45) is 5.92 Å². The van der Waals surface area contributed by atoms with Crippen LogP contribution in [-0.2, 0) is 37.1 Å². The zero-order valence-corrected chi connectivity index (χ0v) is 24.1. The molecular formula is C33H39N5O2. The number of hydrogen-bond donors (Lipinski definition) is 1. The fraction of sp³-hybridized carbons (Fsp3) is 0.424. The Balaban J connectivity index is 1.22. The van der Waals surface area contributed by atoms with Crippen LogP contribution in [0.5, 0.6) is 0 Å². The highest BCUT2D eigenvalue weighted by atomic mass is 16.4. The number of nitrogens with zero attached hydrogens (tertiary/aromatic N) is 5. The van der Waals surface area contributed by atoms with E-state index >= 15 is 0 Å². The van der Waals surface area contributed by atoms with E-state index in [0.717, 1.165) is 81.0 Å². The maximum atomic E-state index is 11.3. The van der Waals surface area contributed by atoms with Crippen LogP contribution in [0.2, 0.25) is 0 Å². The van der Waals surface area contributed by atoms with Crippen molar-refractivity contribution in [1.82, 2.24) is 19.4 Å². The molecule has 1 fully saturated rings. The first-order chi connectivity index (χ1) is 19.3. The number of carbonyl (C=O) groups is 1. The summed E-state index contributed by atoms with van der Waals surface area (Å²) in [5, 5.41) is 9.31. The summed E-state index contributed by atoms with van der Waals surface area (Å²) in [6.07, 6.45) is 4.35. The summed E-state index contributed by atoms with van der Waals surface area (Å²) in [5.41, 5.74) is 12.1. The van der Waals surface area contributed by atoms with Crippen LogP contribution < -0.4 is 4.90 Å². The molecular weight excluding hydrogens is 498 g/mol. The number of pyridine rings is 1. The van der Waals surface area contributed by atoms with Gasteiger partial charge in [0, 0.05) is 37.1 Å². The lowest BCUT2D eigenvalue weighted by molar-refractivity contribution is -0.143. The van der Waals surface area contributed by atoms with E-state index in [1.54, 1.807) is 0 Å². The van der Waals surface area contributed by atoms with Gasteiger partial charge in [-0.25, -0.2) is 9.97 Å². The minimum absolute atomic E-state index is 0.189. The minimum Gasteiger partial charge on any atom is -0.481 e. The van der Waals surface area contributed by atoms with Crippen molar-refractivity contribution in [2.45, 2.75) is 66.0 Å². The molecule has 4 aromatic rings. The van der Waals surface area contributed by atoms with Crippen LogP contribution in [0.15, 0.2) is 42.5 Å². The zero-order chi connectivity index (χ0) is 28.0. The molecule has 2 aromatic carbocycles. The highest BCUT2D eigenvalue weighted by Gasteiger charge is 2.25. The van der Waals surface area contributed by atoms with Gasteiger partial charge in [-0.3, -0.25) is 9.69 Å². The van der Waals surface area contributed by atoms with Crippen LogP contribution in [0.4, 0.5) is 11.4 Å². The van der Waals surface area contributed by atoms with Crippen molar-refractivity contribution >= 4 is 28.5 Å². The van der Waals surface area contributed by atoms with Crippen molar-refractivity contribution in [3.8, 4) is 0 Å². The summed E-state index contributed by atoms with van der Waals surface area (Å²) < 4.78 is 2.29. The number of aromatic nitrogens is 3. The predicted octanol–water partition coefficient (Wildman–Crippen LogP) is 5.82. The zero-order valence-electron chi connectivity index (χ0n) is 24.1. The number of imidazole rings is 1. The molecule has 0 amide bonds. The third-order valence-electron chi connectivity index (χ3n) is 8.78. The van der Waals surface area contributed by atoms with E-state index in [-0.39, 0.29) is 5.92 Å². The van der Waals surface area contributed by atoms with Gasteiger partial charge in [-0.05, 0) is 98.6 Å². The second kappa shape index (κ2) is 10.7. The van der Waals surface area contributed by atoms with Gasteiger partial charge in [0.1, 0.15) is 11.3 Å². The summed E-state index contributed by atoms with van der Waals surface area (Å²) >= 11 is 0. The molecule has 40 heavy (non-hydrogen) atoms. The van der Waals surface area contributed by atoms with Gasteiger partial charge in [-0.2, -0.15) is 0 Å². The molecule has 2 aromatic heterocycles. The molecule has 7 nitrogen and oxygen atoms in total. The van der Waals surface area contributed by atoms with Gasteiger partial charge in [0.2, 0.25) is 0 Å². The van der Waals surface area contributed by atoms with Crippen LogP contribution in [0.3, 0.4) is 0 Å². The Hall–Kier alpha value is -3.71. The fourth-order valence-corrected chi connectivity index (χ4v) is 6.59. The SMILES string of the molecule is CCc1nc2c(C)cc(C)nc2n1Cc1ccc2c(c1)CCc1cc(CN3CCC(C(=O)O)CC3)ccc1N2C. The third-order valence-corrected chi connectivity index (χ3v) is 8.78. The van der Waals surface area contributed by atoms with Gasteiger partial charge >= 0.3 is 5.97 Å². The van der Waals surface area contributed by atoms with Crippen molar-refractivity contribution in [3.05, 3.63) is 81.8 Å². The fourth-order valence-electron chi connectivity index (χ4n) is 6.59. The Kier molecular flexibility index (Phi) is 7.09. The number of fused-ring (bicyclic) bond motifs is 3. The monoisotopic (exact) mass is 537 g/mol. The normalized spacial score (nSPS) is 16.1. The van der Waals surface area contributed by atoms with E-state index in [9.17, 15) is 9.90 Å². The number of hydrogen-bond acceptors (Lipinski definition) is 5. The Labute approximate surface area is 236 Å². The summed E-state index contributed by atoms with van der Waals surface area (Å²) in [5.74, 6) is 0.239. The Bertz CT molecular complexity index is 1580. The second-order valence-corrected chi connectivity index (χ2v) is 11.6. The number of benzene rings is 2. The highest BCUT2D eigenvalue weighted by molar-refractivity contribution is 5.76. The van der Waals surface area contributed by atoms with E-state index in [1.165, 1.54) is 39.2 Å². The molecule has 0 unspecified atom stereocenters. The molecule has 0 aliphatic carbocycles. The maximum Gasteiger partial charge on any atom is 0.306 e. The molecule has 0 spiro atoms. The van der Waals surface area contributed by atoms with Gasteiger partial charge in [-0.1, -0.05) is 31.2 Å². The summed E-state index contributed by atoms with van der Waals surface area (Å²) in [6, 6.07) is 15.9. The third kappa shape index (κ3) is 4.99. The predicted molar refractivity (Wildman–Crippen MR) is 159 cm³/mol. The molecule has 7 heteroatoms. The van der Waals surface area contributed by atoms with Crippen molar-refractivity contribution in [1.29, 1.82) is 0 Å². The van der Waals surface area contributed by atoms with Gasteiger partial charge in [0.05, 0.1) is 12.5 Å².